The first-order chi connectivity index (χ1) is 12.3. The lowest BCUT2D eigenvalue weighted by Crippen LogP contribution is -2.18. The average Bonchev–Trinajstić information content (AvgIpc) is 3.02. The number of sulfone groups is 1. The number of nitrogens with zero attached hydrogens (tertiary/aromatic N) is 3. The number of amides is 1. The Labute approximate surface area is 161 Å². The second-order valence-electron chi connectivity index (χ2n) is 5.06. The number of fused-ring (bicyclic) bond motifs is 1. The quantitative estimate of drug-likeness (QED) is 0.587. The Bertz CT molecular complexity index is 1100. The summed E-state index contributed by atoms with van der Waals surface area (Å²) in [5.41, 5.74) is 0.631. The zero-order chi connectivity index (χ0) is 18.9. The molecule has 8 nitrogen and oxygen atoms in total. The molecule has 0 radical (unpaired) electrons. The van der Waals surface area contributed by atoms with E-state index in [-0.39, 0.29) is 21.1 Å². The van der Waals surface area contributed by atoms with Gasteiger partial charge in [0.2, 0.25) is 15.0 Å². The number of aromatic nitrogens is 3. The van der Waals surface area contributed by atoms with Gasteiger partial charge in [-0.2, -0.15) is 0 Å². The van der Waals surface area contributed by atoms with E-state index in [2.05, 4.69) is 36.2 Å². The number of halogens is 1. The molecule has 3 aromatic rings. The van der Waals surface area contributed by atoms with Gasteiger partial charge in [0, 0.05) is 6.20 Å². The number of hydrogen-bond donors (Lipinski definition) is 1. The van der Waals surface area contributed by atoms with E-state index in [0.29, 0.717) is 16.4 Å². The van der Waals surface area contributed by atoms with Crippen LogP contribution in [-0.2, 0) is 9.84 Å². The van der Waals surface area contributed by atoms with E-state index < -0.39 is 15.7 Å². The summed E-state index contributed by atoms with van der Waals surface area (Å²) in [6.45, 7) is 1.48. The van der Waals surface area contributed by atoms with E-state index in [4.69, 9.17) is 4.74 Å². The van der Waals surface area contributed by atoms with E-state index in [1.54, 1.807) is 19.2 Å². The summed E-state index contributed by atoms with van der Waals surface area (Å²) in [7, 11) is -2.05. The van der Waals surface area contributed by atoms with Crippen molar-refractivity contribution in [3.8, 4) is 5.75 Å². The maximum Gasteiger partial charge on any atom is 0.277 e. The smallest absolute Gasteiger partial charge is 0.277 e. The Morgan fingerprint density at radius 2 is 2.12 bits per heavy atom. The minimum atomic E-state index is -3.62. The minimum Gasteiger partial charge on any atom is -0.497 e. The van der Waals surface area contributed by atoms with Gasteiger partial charge in [0.25, 0.3) is 5.91 Å². The number of carbonyl (C=O) groups is 1. The number of hydrogen-bond acceptors (Lipinski definition) is 8. The lowest BCUT2D eigenvalue weighted by atomic mass is 10.3. The summed E-state index contributed by atoms with van der Waals surface area (Å²) in [4.78, 5) is 24.5. The first-order valence-electron chi connectivity index (χ1n) is 7.35. The molecule has 0 bridgehead atoms. The van der Waals surface area contributed by atoms with Crippen LogP contribution in [0.3, 0.4) is 0 Å². The molecule has 3 rings (SSSR count). The molecule has 0 unspecified atom stereocenters. The lowest BCUT2D eigenvalue weighted by molar-refractivity contribution is 0.102. The molecule has 1 N–H and O–H groups in total. The van der Waals surface area contributed by atoms with Gasteiger partial charge in [0.15, 0.2) is 5.13 Å². The topological polar surface area (TPSA) is 111 Å². The van der Waals surface area contributed by atoms with Gasteiger partial charge in [0.1, 0.15) is 11.4 Å². The van der Waals surface area contributed by atoms with Crippen molar-refractivity contribution in [2.24, 2.45) is 0 Å². The third-order valence-electron chi connectivity index (χ3n) is 3.41. The third-order valence-corrected chi connectivity index (χ3v) is 6.44. The van der Waals surface area contributed by atoms with Crippen LogP contribution < -0.4 is 10.1 Å². The van der Waals surface area contributed by atoms with Crippen LogP contribution in [0, 0.1) is 0 Å². The Balaban J connectivity index is 1.91. The van der Waals surface area contributed by atoms with Crippen molar-refractivity contribution in [3.63, 3.8) is 0 Å². The molecule has 26 heavy (non-hydrogen) atoms. The van der Waals surface area contributed by atoms with Crippen molar-refractivity contribution in [2.45, 2.75) is 12.1 Å². The van der Waals surface area contributed by atoms with Crippen LogP contribution in [0.15, 0.2) is 34.0 Å². The Hall–Kier alpha value is -2.11. The summed E-state index contributed by atoms with van der Waals surface area (Å²) in [6.07, 6.45) is 1.24. The molecule has 0 atom stereocenters. The van der Waals surface area contributed by atoms with Crippen LogP contribution in [-0.4, -0.2) is 42.1 Å². The molecule has 136 valence electrons. The first kappa shape index (κ1) is 18.7. The van der Waals surface area contributed by atoms with E-state index in [1.165, 1.54) is 24.5 Å². The highest BCUT2D eigenvalue weighted by Gasteiger charge is 2.21. The van der Waals surface area contributed by atoms with E-state index in [9.17, 15) is 13.2 Å². The molecule has 2 heterocycles. The number of carbonyl (C=O) groups excluding carboxylic acids is 1. The summed E-state index contributed by atoms with van der Waals surface area (Å²) in [5, 5.41) is 2.61. The molecule has 0 aliphatic rings. The third kappa shape index (κ3) is 3.69. The number of benzene rings is 1. The summed E-state index contributed by atoms with van der Waals surface area (Å²) < 4.78 is 30.2. The maximum absolute atomic E-state index is 12.5. The average molecular weight is 457 g/mol. The van der Waals surface area contributed by atoms with Crippen LogP contribution in [0.25, 0.3) is 10.2 Å². The zero-order valence-electron chi connectivity index (χ0n) is 13.7. The summed E-state index contributed by atoms with van der Waals surface area (Å²) >= 11 is 4.44. The monoisotopic (exact) mass is 456 g/mol. The van der Waals surface area contributed by atoms with Gasteiger partial charge in [-0.3, -0.25) is 10.1 Å². The second-order valence-corrected chi connectivity index (χ2v) is 9.12. The summed E-state index contributed by atoms with van der Waals surface area (Å²) in [6, 6.07) is 5.37. The molecular formula is C15H13BrN4O4S2. The number of thiazole rings is 1. The fourth-order valence-corrected chi connectivity index (χ4v) is 3.99. The van der Waals surface area contributed by atoms with Gasteiger partial charge < -0.3 is 4.74 Å². The van der Waals surface area contributed by atoms with Gasteiger partial charge in [-0.05, 0) is 34.1 Å². The van der Waals surface area contributed by atoms with E-state index in [0.717, 1.165) is 4.70 Å². The number of ether oxygens (including phenoxy) is 1. The SMILES string of the molecule is CCS(=O)(=O)c1ncc(Br)c(C(=O)Nc2nc3ccc(OC)cc3s2)n1. The minimum absolute atomic E-state index is 0.0798. The number of anilines is 1. The van der Waals surface area contributed by atoms with Crippen molar-refractivity contribution >= 4 is 58.4 Å². The molecule has 1 aromatic carbocycles. The van der Waals surface area contributed by atoms with Crippen molar-refractivity contribution in [1.29, 1.82) is 0 Å². The lowest BCUT2D eigenvalue weighted by Gasteiger charge is -2.05. The second kappa shape index (κ2) is 7.25. The van der Waals surface area contributed by atoms with Crippen LogP contribution in [0.1, 0.15) is 17.4 Å². The fraction of sp³-hybridized carbons (Fsp3) is 0.200. The molecule has 0 saturated carbocycles. The van der Waals surface area contributed by atoms with Crippen LogP contribution in [0.5, 0.6) is 5.75 Å². The largest absolute Gasteiger partial charge is 0.497 e. The maximum atomic E-state index is 12.5. The van der Waals surface area contributed by atoms with Gasteiger partial charge >= 0.3 is 0 Å². The highest BCUT2D eigenvalue weighted by molar-refractivity contribution is 9.10. The highest BCUT2D eigenvalue weighted by Crippen LogP contribution is 2.29. The molecule has 0 aliphatic carbocycles. The van der Waals surface area contributed by atoms with Crippen LogP contribution >= 0.6 is 27.3 Å². The molecule has 0 spiro atoms. The zero-order valence-corrected chi connectivity index (χ0v) is 16.9. The fourth-order valence-electron chi connectivity index (χ4n) is 2.03. The van der Waals surface area contributed by atoms with E-state index >= 15 is 0 Å². The number of methoxy groups -OCH3 is 1. The van der Waals surface area contributed by atoms with Crippen LogP contribution in [0.4, 0.5) is 5.13 Å². The molecule has 1 amide bonds. The van der Waals surface area contributed by atoms with Crippen molar-refractivity contribution in [1.82, 2.24) is 15.0 Å². The van der Waals surface area contributed by atoms with Crippen LogP contribution in [0.2, 0.25) is 0 Å². The van der Waals surface area contributed by atoms with Gasteiger partial charge in [-0.1, -0.05) is 18.3 Å². The molecule has 0 fully saturated rings. The predicted octanol–water partition coefficient (Wildman–Crippen LogP) is 2.90. The molecule has 0 aliphatic heterocycles. The normalized spacial score (nSPS) is 11.5. The van der Waals surface area contributed by atoms with Crippen molar-refractivity contribution < 1.29 is 17.9 Å². The van der Waals surface area contributed by atoms with Gasteiger partial charge in [0.05, 0.1) is 27.6 Å². The Morgan fingerprint density at radius 1 is 1.35 bits per heavy atom. The van der Waals surface area contributed by atoms with Gasteiger partial charge in [-0.15, -0.1) is 0 Å². The van der Waals surface area contributed by atoms with Crippen molar-refractivity contribution in [3.05, 3.63) is 34.6 Å². The number of rotatable bonds is 5. The summed E-state index contributed by atoms with van der Waals surface area (Å²) in [5.74, 6) is -0.0556. The highest BCUT2D eigenvalue weighted by atomic mass is 79.9. The van der Waals surface area contributed by atoms with Crippen molar-refractivity contribution in [2.75, 3.05) is 18.2 Å². The number of nitrogens with one attached hydrogen (secondary N) is 1. The molecule has 11 heteroatoms. The predicted molar refractivity (Wildman–Crippen MR) is 102 cm³/mol. The Kier molecular flexibility index (Phi) is 5.21. The molecule has 0 saturated heterocycles. The first-order valence-corrected chi connectivity index (χ1v) is 10.6. The van der Waals surface area contributed by atoms with Gasteiger partial charge in [-0.25, -0.2) is 23.4 Å². The standard InChI is InChI=1S/C15H13BrN4O4S2/c1-3-26(22,23)15-17-7-9(16)12(19-15)13(21)20-14-18-10-5-4-8(24-2)6-11(10)25-14/h4-7H,3H2,1-2H3,(H,18,20,21). The Morgan fingerprint density at radius 3 is 2.81 bits per heavy atom. The van der Waals surface area contributed by atoms with E-state index in [1.807, 2.05) is 6.07 Å². The molecule has 2 aromatic heterocycles. The molecular weight excluding hydrogens is 444 g/mol.